The summed E-state index contributed by atoms with van der Waals surface area (Å²) in [5, 5.41) is 5.09. The van der Waals surface area contributed by atoms with Crippen molar-refractivity contribution in [3.8, 4) is 0 Å². The van der Waals surface area contributed by atoms with Crippen molar-refractivity contribution in [2.45, 2.75) is 6.92 Å². The average molecular weight is 379 g/mol. The minimum absolute atomic E-state index is 0.108. The minimum atomic E-state index is -0.368. The minimum Gasteiger partial charge on any atom is -0.346 e. The van der Waals surface area contributed by atoms with Crippen LogP contribution in [0.2, 0.25) is 0 Å². The molecule has 5 nitrogen and oxygen atoms in total. The molecule has 2 amide bonds. The fourth-order valence-corrected chi connectivity index (χ4v) is 2.87. The van der Waals surface area contributed by atoms with Gasteiger partial charge in [0.15, 0.2) is 0 Å². The van der Waals surface area contributed by atoms with Crippen LogP contribution in [-0.4, -0.2) is 24.9 Å². The Hall–Kier alpha value is -0.920. The lowest BCUT2D eigenvalue weighted by molar-refractivity contribution is -0.123. The number of benzene rings is 1. The summed E-state index contributed by atoms with van der Waals surface area (Å²) in [6.07, 6.45) is 0. The van der Waals surface area contributed by atoms with E-state index in [2.05, 4.69) is 42.5 Å². The van der Waals surface area contributed by atoms with Crippen LogP contribution in [0.4, 0.5) is 5.69 Å². The first-order chi connectivity index (χ1) is 8.43. The van der Waals surface area contributed by atoms with Crippen molar-refractivity contribution in [1.29, 1.82) is 0 Å². The summed E-state index contributed by atoms with van der Waals surface area (Å²) in [4.78, 5) is 22.5. The van der Waals surface area contributed by atoms with E-state index < -0.39 is 0 Å². The van der Waals surface area contributed by atoms with Crippen molar-refractivity contribution in [2.75, 3.05) is 18.4 Å². The number of hydrogen-bond acceptors (Lipinski definition) is 3. The quantitative estimate of drug-likeness (QED) is 0.742. The fraction of sp³-hybridized carbons (Fsp3) is 0.273. The fourth-order valence-electron chi connectivity index (χ4n) is 1.25. The number of aryl methyl sites for hydroxylation is 1. The summed E-state index contributed by atoms with van der Waals surface area (Å²) in [5.74, 6) is -0.686. The van der Waals surface area contributed by atoms with Crippen molar-refractivity contribution < 1.29 is 9.59 Å². The highest BCUT2D eigenvalue weighted by molar-refractivity contribution is 9.11. The van der Waals surface area contributed by atoms with Crippen LogP contribution in [0.15, 0.2) is 21.1 Å². The second kappa shape index (κ2) is 6.86. The molecule has 4 N–H and O–H groups in total. The number of nitrogens with two attached hydrogens (primary N) is 1. The Bertz CT molecular complexity index is 454. The van der Waals surface area contributed by atoms with Crippen LogP contribution in [0.1, 0.15) is 5.56 Å². The molecule has 1 rings (SSSR count). The standard InChI is InChI=1S/C11H13Br2N3O2/c1-6-2-7(12)11(8(13)3-6)16-10(18)5-15-9(17)4-14/h2-3H,4-5,14H2,1H3,(H,15,17)(H,16,18). The molecule has 0 saturated heterocycles. The Labute approximate surface area is 122 Å². The third-order valence-corrected chi connectivity index (χ3v) is 3.33. The SMILES string of the molecule is Cc1cc(Br)c(NC(=O)CNC(=O)CN)c(Br)c1. The number of rotatable bonds is 4. The van der Waals surface area contributed by atoms with E-state index in [-0.39, 0.29) is 24.9 Å². The second-order valence-electron chi connectivity index (χ2n) is 3.63. The lowest BCUT2D eigenvalue weighted by Crippen LogP contribution is -2.36. The first kappa shape index (κ1) is 15.1. The number of amides is 2. The molecule has 0 unspecified atom stereocenters. The number of carbonyl (C=O) groups excluding carboxylic acids is 2. The van der Waals surface area contributed by atoms with E-state index in [4.69, 9.17) is 5.73 Å². The molecular formula is C11H13Br2N3O2. The van der Waals surface area contributed by atoms with Gasteiger partial charge in [-0.15, -0.1) is 0 Å². The first-order valence-corrected chi connectivity index (χ1v) is 6.75. The predicted octanol–water partition coefficient (Wildman–Crippen LogP) is 1.53. The Morgan fingerprint density at radius 2 is 1.78 bits per heavy atom. The molecule has 0 heterocycles. The number of anilines is 1. The smallest absolute Gasteiger partial charge is 0.243 e. The van der Waals surface area contributed by atoms with Crippen LogP contribution in [0.5, 0.6) is 0 Å². The molecule has 0 aliphatic heterocycles. The van der Waals surface area contributed by atoms with Crippen molar-refractivity contribution in [2.24, 2.45) is 5.73 Å². The zero-order valence-corrected chi connectivity index (χ0v) is 12.9. The van der Waals surface area contributed by atoms with Crippen LogP contribution in [0, 0.1) is 6.92 Å². The van der Waals surface area contributed by atoms with Crippen LogP contribution < -0.4 is 16.4 Å². The van der Waals surface area contributed by atoms with Gasteiger partial charge < -0.3 is 16.4 Å². The number of halogens is 2. The van der Waals surface area contributed by atoms with E-state index in [9.17, 15) is 9.59 Å². The Morgan fingerprint density at radius 3 is 2.28 bits per heavy atom. The van der Waals surface area contributed by atoms with Gasteiger partial charge >= 0.3 is 0 Å². The maximum Gasteiger partial charge on any atom is 0.243 e. The monoisotopic (exact) mass is 377 g/mol. The lowest BCUT2D eigenvalue weighted by atomic mass is 10.2. The number of nitrogens with one attached hydrogen (secondary N) is 2. The molecule has 0 aliphatic rings. The average Bonchev–Trinajstić information content (AvgIpc) is 2.30. The molecule has 0 radical (unpaired) electrons. The number of hydrogen-bond donors (Lipinski definition) is 3. The summed E-state index contributed by atoms with van der Waals surface area (Å²) in [6.45, 7) is 1.70. The van der Waals surface area contributed by atoms with E-state index in [0.29, 0.717) is 5.69 Å². The highest BCUT2D eigenvalue weighted by Crippen LogP contribution is 2.32. The Balaban J connectivity index is 2.68. The van der Waals surface area contributed by atoms with E-state index in [1.54, 1.807) is 0 Å². The predicted molar refractivity (Wildman–Crippen MR) is 77.3 cm³/mol. The van der Waals surface area contributed by atoms with E-state index in [1.165, 1.54) is 0 Å². The largest absolute Gasteiger partial charge is 0.346 e. The highest BCUT2D eigenvalue weighted by Gasteiger charge is 2.10. The summed E-state index contributed by atoms with van der Waals surface area (Å²) >= 11 is 6.74. The van der Waals surface area contributed by atoms with Gasteiger partial charge in [-0.2, -0.15) is 0 Å². The molecule has 1 aromatic carbocycles. The van der Waals surface area contributed by atoms with Crippen molar-refractivity contribution in [3.63, 3.8) is 0 Å². The molecular weight excluding hydrogens is 366 g/mol. The molecule has 0 aromatic heterocycles. The molecule has 0 fully saturated rings. The van der Waals surface area contributed by atoms with Gasteiger partial charge in [-0.05, 0) is 56.5 Å². The topological polar surface area (TPSA) is 84.2 Å². The molecule has 1 aromatic rings. The van der Waals surface area contributed by atoms with Gasteiger partial charge in [-0.25, -0.2) is 0 Å². The third-order valence-electron chi connectivity index (χ3n) is 2.08. The van der Waals surface area contributed by atoms with Gasteiger partial charge in [-0.3, -0.25) is 9.59 Å². The molecule has 0 atom stereocenters. The molecule has 0 aliphatic carbocycles. The summed E-state index contributed by atoms with van der Waals surface area (Å²) in [7, 11) is 0. The molecule has 98 valence electrons. The van der Waals surface area contributed by atoms with Gasteiger partial charge in [0.1, 0.15) is 0 Å². The lowest BCUT2D eigenvalue weighted by Gasteiger charge is -2.11. The van der Waals surface area contributed by atoms with Gasteiger partial charge in [-0.1, -0.05) is 0 Å². The van der Waals surface area contributed by atoms with Crippen LogP contribution in [0.3, 0.4) is 0 Å². The summed E-state index contributed by atoms with van der Waals surface area (Å²) in [5.41, 5.74) is 6.81. The molecule has 7 heteroatoms. The maximum atomic E-state index is 11.6. The van der Waals surface area contributed by atoms with Gasteiger partial charge in [0.25, 0.3) is 0 Å². The van der Waals surface area contributed by atoms with E-state index >= 15 is 0 Å². The van der Waals surface area contributed by atoms with Crippen LogP contribution >= 0.6 is 31.9 Å². The van der Waals surface area contributed by atoms with E-state index in [0.717, 1.165) is 14.5 Å². The second-order valence-corrected chi connectivity index (χ2v) is 5.34. The zero-order valence-electron chi connectivity index (χ0n) is 9.72. The van der Waals surface area contributed by atoms with Crippen molar-refractivity contribution >= 4 is 49.4 Å². The van der Waals surface area contributed by atoms with Crippen LogP contribution in [0.25, 0.3) is 0 Å². The Morgan fingerprint density at radius 1 is 1.22 bits per heavy atom. The molecule has 18 heavy (non-hydrogen) atoms. The molecule has 0 saturated carbocycles. The van der Waals surface area contributed by atoms with Crippen molar-refractivity contribution in [1.82, 2.24) is 5.32 Å². The van der Waals surface area contributed by atoms with Gasteiger partial charge in [0.05, 0.1) is 18.8 Å². The zero-order chi connectivity index (χ0) is 13.7. The van der Waals surface area contributed by atoms with Crippen molar-refractivity contribution in [3.05, 3.63) is 26.6 Å². The first-order valence-electron chi connectivity index (χ1n) is 5.16. The van der Waals surface area contributed by atoms with Crippen LogP contribution in [-0.2, 0) is 9.59 Å². The maximum absolute atomic E-state index is 11.6. The summed E-state index contributed by atoms with van der Waals surface area (Å²) < 4.78 is 1.54. The Kier molecular flexibility index (Phi) is 5.77. The van der Waals surface area contributed by atoms with Gasteiger partial charge in [0, 0.05) is 8.95 Å². The van der Waals surface area contributed by atoms with E-state index in [1.807, 2.05) is 19.1 Å². The molecule has 0 bridgehead atoms. The summed E-state index contributed by atoms with van der Waals surface area (Å²) in [6, 6.07) is 3.78. The molecule has 0 spiro atoms. The van der Waals surface area contributed by atoms with Gasteiger partial charge in [0.2, 0.25) is 11.8 Å². The normalized spacial score (nSPS) is 10.0. The third kappa shape index (κ3) is 4.40. The highest BCUT2D eigenvalue weighted by atomic mass is 79.9. The number of carbonyl (C=O) groups is 2.